The molecule has 0 radical (unpaired) electrons. The smallest absolute Gasteiger partial charge is 0.292 e. The Labute approximate surface area is 122 Å². The molecule has 0 aliphatic carbocycles. The fourth-order valence-corrected chi connectivity index (χ4v) is 2.08. The highest BCUT2D eigenvalue weighted by Gasteiger charge is 2.24. The summed E-state index contributed by atoms with van der Waals surface area (Å²) in [4.78, 5) is 22.0. The molecule has 0 aromatic heterocycles. The number of nitro benzene ring substituents is 1. The topological polar surface area (TPSA) is 93.5 Å². The van der Waals surface area contributed by atoms with E-state index in [1.807, 2.05) is 0 Å². The minimum atomic E-state index is -0.454. The van der Waals surface area contributed by atoms with Crippen LogP contribution in [0.15, 0.2) is 24.8 Å². The number of hydrogen-bond donors (Lipinski definition) is 2. The average Bonchev–Trinajstić information content (AvgIpc) is 2.80. The number of benzene rings is 1. The first-order valence-electron chi connectivity index (χ1n) is 6.65. The van der Waals surface area contributed by atoms with Crippen molar-refractivity contribution in [1.82, 2.24) is 0 Å². The van der Waals surface area contributed by atoms with Gasteiger partial charge >= 0.3 is 0 Å². The molecule has 0 spiro atoms. The van der Waals surface area contributed by atoms with Gasteiger partial charge in [-0.25, -0.2) is 0 Å². The molecule has 0 saturated carbocycles. The fourth-order valence-electron chi connectivity index (χ4n) is 2.08. The number of carbonyl (C=O) groups excluding carboxylic acids is 1. The molecule has 21 heavy (non-hydrogen) atoms. The number of nitro groups is 1. The zero-order valence-electron chi connectivity index (χ0n) is 11.6. The second-order valence-corrected chi connectivity index (χ2v) is 4.63. The lowest BCUT2D eigenvalue weighted by atomic mass is 10.1. The molecular formula is C14H17N3O4. The highest BCUT2D eigenvalue weighted by Crippen LogP contribution is 2.34. The Hall–Kier alpha value is -2.41. The van der Waals surface area contributed by atoms with Crippen LogP contribution >= 0.6 is 0 Å². The lowest BCUT2D eigenvalue weighted by molar-refractivity contribution is -0.384. The van der Waals surface area contributed by atoms with Crippen molar-refractivity contribution in [3.05, 3.63) is 40.5 Å². The van der Waals surface area contributed by atoms with Crippen molar-refractivity contribution >= 4 is 23.0 Å². The van der Waals surface area contributed by atoms with Crippen molar-refractivity contribution in [3.63, 3.8) is 0 Å². The predicted octanol–water partition coefficient (Wildman–Crippen LogP) is 2.09. The Balaban J connectivity index is 2.01. The standard InChI is InChI=1S/C14H17N3O4/c1-2-3-5-21-6-4-15-12-9-11-10(8-14(18)16-11)7-13(12)17(19)20/h2,7,9,15H,1,3-6,8H2,(H,16,18). The van der Waals surface area contributed by atoms with Crippen LogP contribution in [0.25, 0.3) is 0 Å². The van der Waals surface area contributed by atoms with Crippen molar-refractivity contribution in [3.8, 4) is 0 Å². The maximum atomic E-state index is 11.3. The normalized spacial score (nSPS) is 12.7. The minimum absolute atomic E-state index is 0.0312. The third kappa shape index (κ3) is 3.79. The van der Waals surface area contributed by atoms with Gasteiger partial charge < -0.3 is 15.4 Å². The summed E-state index contributed by atoms with van der Waals surface area (Å²) in [5, 5.41) is 16.7. The number of amides is 1. The molecule has 112 valence electrons. The van der Waals surface area contributed by atoms with E-state index in [4.69, 9.17) is 4.74 Å². The van der Waals surface area contributed by atoms with E-state index in [1.165, 1.54) is 6.07 Å². The molecular weight excluding hydrogens is 274 g/mol. The summed E-state index contributed by atoms with van der Waals surface area (Å²) in [6, 6.07) is 3.04. The van der Waals surface area contributed by atoms with E-state index in [0.717, 1.165) is 6.42 Å². The molecule has 0 fully saturated rings. The molecule has 0 bridgehead atoms. The number of carbonyl (C=O) groups is 1. The van der Waals surface area contributed by atoms with E-state index in [9.17, 15) is 14.9 Å². The minimum Gasteiger partial charge on any atom is -0.379 e. The van der Waals surface area contributed by atoms with E-state index in [2.05, 4.69) is 17.2 Å². The predicted molar refractivity (Wildman–Crippen MR) is 79.6 cm³/mol. The van der Waals surface area contributed by atoms with E-state index in [1.54, 1.807) is 12.1 Å². The maximum Gasteiger partial charge on any atom is 0.292 e. The molecule has 2 N–H and O–H groups in total. The van der Waals surface area contributed by atoms with E-state index in [-0.39, 0.29) is 18.0 Å². The number of fused-ring (bicyclic) bond motifs is 1. The second-order valence-electron chi connectivity index (χ2n) is 4.63. The van der Waals surface area contributed by atoms with Crippen LogP contribution < -0.4 is 10.6 Å². The van der Waals surface area contributed by atoms with Crippen molar-refractivity contribution in [2.45, 2.75) is 12.8 Å². The molecule has 2 rings (SSSR count). The Morgan fingerprint density at radius 1 is 1.48 bits per heavy atom. The highest BCUT2D eigenvalue weighted by atomic mass is 16.6. The molecule has 7 nitrogen and oxygen atoms in total. The Bertz CT molecular complexity index is 572. The maximum absolute atomic E-state index is 11.3. The molecule has 0 saturated heterocycles. The zero-order chi connectivity index (χ0) is 15.2. The molecule has 1 aliphatic heterocycles. The summed E-state index contributed by atoms with van der Waals surface area (Å²) >= 11 is 0. The van der Waals surface area contributed by atoms with Crippen molar-refractivity contribution in [2.24, 2.45) is 0 Å². The van der Waals surface area contributed by atoms with Gasteiger partial charge in [0, 0.05) is 18.3 Å². The summed E-state index contributed by atoms with van der Waals surface area (Å²) < 4.78 is 5.33. The van der Waals surface area contributed by atoms with Gasteiger partial charge in [0.2, 0.25) is 5.91 Å². The van der Waals surface area contributed by atoms with Crippen LogP contribution in [-0.2, 0) is 16.0 Å². The van der Waals surface area contributed by atoms with Crippen molar-refractivity contribution < 1.29 is 14.5 Å². The Kier molecular flexibility index (Phi) is 4.89. The van der Waals surface area contributed by atoms with Gasteiger partial charge in [0.1, 0.15) is 5.69 Å². The summed E-state index contributed by atoms with van der Waals surface area (Å²) in [6.07, 6.45) is 2.72. The number of ether oxygens (including phenoxy) is 1. The van der Waals surface area contributed by atoms with Crippen LogP contribution in [0.3, 0.4) is 0 Å². The molecule has 1 heterocycles. The number of anilines is 2. The van der Waals surface area contributed by atoms with E-state index in [0.29, 0.717) is 36.7 Å². The Morgan fingerprint density at radius 3 is 3.00 bits per heavy atom. The monoisotopic (exact) mass is 291 g/mol. The molecule has 1 amide bonds. The number of hydrogen-bond acceptors (Lipinski definition) is 5. The van der Waals surface area contributed by atoms with Crippen LogP contribution in [0.4, 0.5) is 17.1 Å². The molecule has 7 heteroatoms. The van der Waals surface area contributed by atoms with Crippen molar-refractivity contribution in [2.75, 3.05) is 30.4 Å². The van der Waals surface area contributed by atoms with Gasteiger partial charge in [0.05, 0.1) is 24.6 Å². The van der Waals surface area contributed by atoms with Crippen molar-refractivity contribution in [1.29, 1.82) is 0 Å². The van der Waals surface area contributed by atoms with Crippen LogP contribution in [0.2, 0.25) is 0 Å². The Morgan fingerprint density at radius 2 is 2.29 bits per heavy atom. The van der Waals surface area contributed by atoms with Gasteiger partial charge in [-0.15, -0.1) is 6.58 Å². The van der Waals surface area contributed by atoms with Crippen LogP contribution in [0.1, 0.15) is 12.0 Å². The summed E-state index contributed by atoms with van der Waals surface area (Å²) in [7, 11) is 0. The lowest BCUT2D eigenvalue weighted by Gasteiger charge is -2.09. The molecule has 0 unspecified atom stereocenters. The average molecular weight is 291 g/mol. The third-order valence-corrected chi connectivity index (χ3v) is 3.07. The van der Waals surface area contributed by atoms with E-state index >= 15 is 0 Å². The van der Waals surface area contributed by atoms with Crippen LogP contribution in [-0.4, -0.2) is 30.6 Å². The number of nitrogens with zero attached hydrogens (tertiary/aromatic N) is 1. The van der Waals surface area contributed by atoms with Crippen LogP contribution in [0, 0.1) is 10.1 Å². The first kappa shape index (κ1) is 15.0. The summed E-state index contributed by atoms with van der Waals surface area (Å²) in [5.74, 6) is -0.149. The molecule has 1 aromatic carbocycles. The SMILES string of the molecule is C=CCCOCCNc1cc2c(cc1[N+](=O)[O-])CC(=O)N2. The first-order chi connectivity index (χ1) is 10.1. The van der Waals surface area contributed by atoms with Gasteiger partial charge in [-0.1, -0.05) is 6.08 Å². The molecule has 0 atom stereocenters. The van der Waals surface area contributed by atoms with Gasteiger partial charge in [-0.3, -0.25) is 14.9 Å². The van der Waals surface area contributed by atoms with Crippen LogP contribution in [0.5, 0.6) is 0 Å². The zero-order valence-corrected chi connectivity index (χ0v) is 11.6. The second kappa shape index (κ2) is 6.85. The molecule has 1 aliphatic rings. The largest absolute Gasteiger partial charge is 0.379 e. The first-order valence-corrected chi connectivity index (χ1v) is 6.65. The third-order valence-electron chi connectivity index (χ3n) is 3.07. The van der Waals surface area contributed by atoms with Gasteiger partial charge in [0.15, 0.2) is 0 Å². The van der Waals surface area contributed by atoms with Gasteiger partial charge in [-0.2, -0.15) is 0 Å². The molecule has 1 aromatic rings. The van der Waals surface area contributed by atoms with Gasteiger partial charge in [-0.05, 0) is 18.1 Å². The number of nitrogens with one attached hydrogen (secondary N) is 2. The van der Waals surface area contributed by atoms with E-state index < -0.39 is 4.92 Å². The summed E-state index contributed by atoms with van der Waals surface area (Å²) in [5.41, 5.74) is 1.63. The highest BCUT2D eigenvalue weighted by molar-refractivity contribution is 6.00. The quantitative estimate of drug-likeness (QED) is 0.331. The lowest BCUT2D eigenvalue weighted by Crippen LogP contribution is -2.11. The summed E-state index contributed by atoms with van der Waals surface area (Å²) in [6.45, 7) is 5.06. The van der Waals surface area contributed by atoms with Gasteiger partial charge in [0.25, 0.3) is 5.69 Å². The number of rotatable bonds is 8. The fraction of sp³-hybridized carbons (Fsp3) is 0.357.